The van der Waals surface area contributed by atoms with Crippen LogP contribution in [0, 0.1) is 6.92 Å². The van der Waals surface area contributed by atoms with E-state index in [1.807, 2.05) is 25.1 Å². The molecule has 3 nitrogen and oxygen atoms in total. The van der Waals surface area contributed by atoms with Gasteiger partial charge < -0.3 is 0 Å². The minimum absolute atomic E-state index is 0.131. The first-order chi connectivity index (χ1) is 7.29. The van der Waals surface area contributed by atoms with Crippen molar-refractivity contribution < 1.29 is 4.79 Å². The van der Waals surface area contributed by atoms with Crippen molar-refractivity contribution in [3.63, 3.8) is 0 Å². The van der Waals surface area contributed by atoms with Crippen LogP contribution in [0.15, 0.2) is 42.7 Å². The third-order valence-corrected chi connectivity index (χ3v) is 2.16. The van der Waals surface area contributed by atoms with Crippen LogP contribution in [0.1, 0.15) is 21.7 Å². The molecule has 1 heterocycles. The van der Waals surface area contributed by atoms with Crippen molar-refractivity contribution >= 4 is 5.78 Å². The van der Waals surface area contributed by atoms with Crippen molar-refractivity contribution in [1.82, 2.24) is 9.97 Å². The van der Waals surface area contributed by atoms with Gasteiger partial charge in [0.25, 0.3) is 0 Å². The summed E-state index contributed by atoms with van der Waals surface area (Å²) < 4.78 is 0. The van der Waals surface area contributed by atoms with Crippen molar-refractivity contribution in [3.8, 4) is 0 Å². The second-order valence-electron chi connectivity index (χ2n) is 3.22. The van der Waals surface area contributed by atoms with Gasteiger partial charge >= 0.3 is 0 Å². The molecule has 0 N–H and O–H groups in total. The highest BCUT2D eigenvalue weighted by atomic mass is 16.1. The van der Waals surface area contributed by atoms with E-state index in [1.54, 1.807) is 24.5 Å². The van der Waals surface area contributed by atoms with Crippen LogP contribution >= 0.6 is 0 Å². The summed E-state index contributed by atoms with van der Waals surface area (Å²) in [6.07, 6.45) is 3.14. The number of hydrogen-bond donors (Lipinski definition) is 0. The monoisotopic (exact) mass is 198 g/mol. The van der Waals surface area contributed by atoms with Crippen molar-refractivity contribution in [2.75, 3.05) is 0 Å². The molecule has 3 heteroatoms. The van der Waals surface area contributed by atoms with E-state index in [0.717, 1.165) is 5.56 Å². The first kappa shape index (κ1) is 9.52. The molecule has 74 valence electrons. The summed E-state index contributed by atoms with van der Waals surface area (Å²) in [5.41, 5.74) is 1.60. The summed E-state index contributed by atoms with van der Waals surface area (Å²) in [6, 6.07) is 9.11. The Morgan fingerprint density at radius 3 is 2.40 bits per heavy atom. The average Bonchev–Trinajstić information content (AvgIpc) is 2.30. The lowest BCUT2D eigenvalue weighted by Crippen LogP contribution is -2.07. The molecule has 15 heavy (non-hydrogen) atoms. The smallest absolute Gasteiger partial charge is 0.230 e. The van der Waals surface area contributed by atoms with Crippen LogP contribution in [0.3, 0.4) is 0 Å². The molecule has 0 amide bonds. The lowest BCUT2D eigenvalue weighted by molar-refractivity contribution is 0.102. The van der Waals surface area contributed by atoms with Crippen LogP contribution in [0.25, 0.3) is 0 Å². The maximum absolute atomic E-state index is 11.9. The molecule has 0 atom stereocenters. The lowest BCUT2D eigenvalue weighted by Gasteiger charge is -2.02. The van der Waals surface area contributed by atoms with Crippen molar-refractivity contribution in [2.45, 2.75) is 6.92 Å². The van der Waals surface area contributed by atoms with Crippen LogP contribution in [0.2, 0.25) is 0 Å². The SMILES string of the molecule is Cc1ccccc1C(=O)c1ncccn1. The normalized spacial score (nSPS) is 9.93. The molecule has 0 aliphatic carbocycles. The van der Waals surface area contributed by atoms with Gasteiger partial charge in [-0.1, -0.05) is 24.3 Å². The number of aromatic nitrogens is 2. The number of carbonyl (C=O) groups excluding carboxylic acids is 1. The molecule has 0 fully saturated rings. The van der Waals surface area contributed by atoms with E-state index in [4.69, 9.17) is 0 Å². The topological polar surface area (TPSA) is 42.9 Å². The van der Waals surface area contributed by atoms with Crippen LogP contribution in [0.4, 0.5) is 0 Å². The Labute approximate surface area is 87.8 Å². The first-order valence-corrected chi connectivity index (χ1v) is 4.66. The zero-order valence-electron chi connectivity index (χ0n) is 8.34. The van der Waals surface area contributed by atoms with Gasteiger partial charge in [-0.3, -0.25) is 4.79 Å². The third-order valence-electron chi connectivity index (χ3n) is 2.16. The van der Waals surface area contributed by atoms with Gasteiger partial charge in [0.2, 0.25) is 11.6 Å². The molecule has 0 unspecified atom stereocenters. The molecule has 2 rings (SSSR count). The van der Waals surface area contributed by atoms with Crippen molar-refractivity contribution in [2.24, 2.45) is 0 Å². The highest BCUT2D eigenvalue weighted by molar-refractivity contribution is 6.07. The first-order valence-electron chi connectivity index (χ1n) is 4.66. The molecule has 0 saturated heterocycles. The van der Waals surface area contributed by atoms with Gasteiger partial charge in [0.15, 0.2) is 0 Å². The average molecular weight is 198 g/mol. The Balaban J connectivity index is 2.42. The molecule has 1 aromatic carbocycles. The lowest BCUT2D eigenvalue weighted by atomic mass is 10.0. The summed E-state index contributed by atoms with van der Waals surface area (Å²) >= 11 is 0. The third kappa shape index (κ3) is 1.91. The molecule has 1 aromatic heterocycles. The largest absolute Gasteiger partial charge is 0.285 e. The highest BCUT2D eigenvalue weighted by Crippen LogP contribution is 2.10. The number of rotatable bonds is 2. The zero-order chi connectivity index (χ0) is 10.7. The number of ketones is 1. The Hall–Kier alpha value is -2.03. The van der Waals surface area contributed by atoms with Gasteiger partial charge in [-0.15, -0.1) is 0 Å². The van der Waals surface area contributed by atoms with Crippen molar-refractivity contribution in [1.29, 1.82) is 0 Å². The Morgan fingerprint density at radius 2 is 1.73 bits per heavy atom. The van der Waals surface area contributed by atoms with E-state index >= 15 is 0 Å². The summed E-state index contributed by atoms with van der Waals surface area (Å²) in [5, 5.41) is 0. The van der Waals surface area contributed by atoms with E-state index in [-0.39, 0.29) is 11.6 Å². The van der Waals surface area contributed by atoms with E-state index in [1.165, 1.54) is 0 Å². The molecular weight excluding hydrogens is 188 g/mol. The summed E-state index contributed by atoms with van der Waals surface area (Å²) in [7, 11) is 0. The van der Waals surface area contributed by atoms with Crippen LogP contribution < -0.4 is 0 Å². The fourth-order valence-corrected chi connectivity index (χ4v) is 1.36. The van der Waals surface area contributed by atoms with Gasteiger partial charge in [0.1, 0.15) is 0 Å². The second kappa shape index (κ2) is 4.00. The maximum Gasteiger partial charge on any atom is 0.230 e. The quantitative estimate of drug-likeness (QED) is 0.693. The van der Waals surface area contributed by atoms with Gasteiger partial charge in [0.05, 0.1) is 0 Å². The molecule has 0 radical (unpaired) electrons. The predicted molar refractivity (Wildman–Crippen MR) is 56.6 cm³/mol. The van der Waals surface area contributed by atoms with Gasteiger partial charge in [-0.05, 0) is 18.6 Å². The van der Waals surface area contributed by atoms with Crippen LogP contribution in [-0.4, -0.2) is 15.8 Å². The molecular formula is C12H10N2O. The van der Waals surface area contributed by atoms with Gasteiger partial charge in [-0.2, -0.15) is 0 Å². The summed E-state index contributed by atoms with van der Waals surface area (Å²) in [6.45, 7) is 1.90. The standard InChI is InChI=1S/C12H10N2O/c1-9-5-2-3-6-10(9)11(15)12-13-7-4-8-14-12/h2-8H,1H3. The van der Waals surface area contributed by atoms with E-state index < -0.39 is 0 Å². The minimum atomic E-state index is -0.131. The van der Waals surface area contributed by atoms with Crippen LogP contribution in [0.5, 0.6) is 0 Å². The number of nitrogens with zero attached hydrogens (tertiary/aromatic N) is 2. The Bertz CT molecular complexity index is 480. The zero-order valence-corrected chi connectivity index (χ0v) is 8.34. The van der Waals surface area contributed by atoms with Crippen LogP contribution in [-0.2, 0) is 0 Å². The van der Waals surface area contributed by atoms with E-state index in [0.29, 0.717) is 5.56 Å². The predicted octanol–water partition coefficient (Wildman–Crippen LogP) is 2.02. The maximum atomic E-state index is 11.9. The number of benzene rings is 1. The Morgan fingerprint density at radius 1 is 1.07 bits per heavy atom. The van der Waals surface area contributed by atoms with Gasteiger partial charge in [0, 0.05) is 18.0 Å². The molecule has 0 saturated carbocycles. The van der Waals surface area contributed by atoms with E-state index in [2.05, 4.69) is 9.97 Å². The van der Waals surface area contributed by atoms with Gasteiger partial charge in [-0.25, -0.2) is 9.97 Å². The Kier molecular flexibility index (Phi) is 2.54. The number of aryl methyl sites for hydroxylation is 1. The minimum Gasteiger partial charge on any atom is -0.285 e. The fraction of sp³-hybridized carbons (Fsp3) is 0.0833. The molecule has 0 aliphatic heterocycles. The summed E-state index contributed by atoms with van der Waals surface area (Å²) in [5.74, 6) is 0.112. The molecule has 0 bridgehead atoms. The summed E-state index contributed by atoms with van der Waals surface area (Å²) in [4.78, 5) is 19.8. The second-order valence-corrected chi connectivity index (χ2v) is 3.22. The molecule has 2 aromatic rings. The fourth-order valence-electron chi connectivity index (χ4n) is 1.36. The molecule has 0 aliphatic rings. The number of hydrogen-bond acceptors (Lipinski definition) is 3. The highest BCUT2D eigenvalue weighted by Gasteiger charge is 2.12. The number of carbonyl (C=O) groups is 1. The molecule has 0 spiro atoms. The van der Waals surface area contributed by atoms with Crippen molar-refractivity contribution in [3.05, 3.63) is 59.7 Å². The van der Waals surface area contributed by atoms with E-state index in [9.17, 15) is 4.79 Å².